The van der Waals surface area contributed by atoms with E-state index >= 15 is 0 Å². The third kappa shape index (κ3) is 2.52. The Balaban J connectivity index is 1.78. The van der Waals surface area contributed by atoms with E-state index in [9.17, 15) is 4.79 Å². The number of nitrogens with two attached hydrogens (primary N) is 1. The van der Waals surface area contributed by atoms with Crippen molar-refractivity contribution in [3.63, 3.8) is 0 Å². The van der Waals surface area contributed by atoms with Gasteiger partial charge < -0.3 is 11.1 Å². The van der Waals surface area contributed by atoms with Crippen LogP contribution in [0.15, 0.2) is 29.0 Å². The fourth-order valence-corrected chi connectivity index (χ4v) is 3.01. The van der Waals surface area contributed by atoms with E-state index < -0.39 is 0 Å². The third-order valence-corrected chi connectivity index (χ3v) is 4.21. The van der Waals surface area contributed by atoms with E-state index in [-0.39, 0.29) is 5.91 Å². The summed E-state index contributed by atoms with van der Waals surface area (Å²) in [5.41, 5.74) is 6.99. The highest BCUT2D eigenvalue weighted by atomic mass is 79.9. The van der Waals surface area contributed by atoms with Crippen LogP contribution in [0.4, 0.5) is 5.13 Å². The van der Waals surface area contributed by atoms with Crippen molar-refractivity contribution >= 4 is 49.2 Å². The molecule has 1 aromatic carbocycles. The van der Waals surface area contributed by atoms with Crippen molar-refractivity contribution in [3.05, 3.63) is 39.4 Å². The lowest BCUT2D eigenvalue weighted by Gasteiger charge is -2.04. The van der Waals surface area contributed by atoms with Crippen molar-refractivity contribution < 1.29 is 4.79 Å². The number of aromatic nitrogens is 3. The summed E-state index contributed by atoms with van der Waals surface area (Å²) in [6.07, 6.45) is 3.34. The lowest BCUT2D eigenvalue weighted by Crippen LogP contribution is -2.22. The lowest BCUT2D eigenvalue weighted by atomic mass is 10.1. The number of rotatable bonds is 3. The van der Waals surface area contributed by atoms with Crippen LogP contribution in [0.2, 0.25) is 0 Å². The van der Waals surface area contributed by atoms with Gasteiger partial charge in [-0.2, -0.15) is 5.10 Å². The van der Waals surface area contributed by atoms with Crippen LogP contribution in [0.1, 0.15) is 15.2 Å². The summed E-state index contributed by atoms with van der Waals surface area (Å²) in [6, 6.07) is 3.55. The number of benzene rings is 1. The van der Waals surface area contributed by atoms with Crippen LogP contribution in [-0.2, 0) is 6.54 Å². The van der Waals surface area contributed by atoms with E-state index in [0.717, 1.165) is 20.3 Å². The average Bonchev–Trinajstić information content (AvgIpc) is 3.04. The number of H-pyrrole nitrogens is 1. The van der Waals surface area contributed by atoms with Crippen LogP contribution in [0.25, 0.3) is 10.9 Å². The fourth-order valence-electron chi connectivity index (χ4n) is 1.82. The zero-order chi connectivity index (χ0) is 14.1. The molecule has 6 nitrogen and oxygen atoms in total. The van der Waals surface area contributed by atoms with Gasteiger partial charge in [0.2, 0.25) is 0 Å². The summed E-state index contributed by atoms with van der Waals surface area (Å²) in [5, 5.41) is 11.0. The van der Waals surface area contributed by atoms with Gasteiger partial charge in [0.25, 0.3) is 5.91 Å². The van der Waals surface area contributed by atoms with Gasteiger partial charge in [0.15, 0.2) is 5.13 Å². The molecule has 0 radical (unpaired) electrons. The number of hydrogen-bond donors (Lipinski definition) is 3. The molecule has 0 aliphatic carbocycles. The van der Waals surface area contributed by atoms with Crippen molar-refractivity contribution in [1.82, 2.24) is 20.5 Å². The van der Waals surface area contributed by atoms with Gasteiger partial charge in [-0.3, -0.25) is 9.89 Å². The molecule has 0 aliphatic heterocycles. The Morgan fingerprint density at radius 1 is 1.45 bits per heavy atom. The molecule has 102 valence electrons. The first-order chi connectivity index (χ1) is 9.63. The average molecular weight is 352 g/mol. The lowest BCUT2D eigenvalue weighted by molar-refractivity contribution is 0.0951. The minimum Gasteiger partial charge on any atom is -0.375 e. The standard InChI is InChI=1S/C12H10BrN5OS/c13-9-2-6(1-7-3-17-18-10(7)9)11(19)15-4-8-5-16-12(14)20-8/h1-3,5H,4H2,(H2,14,16)(H,15,19)(H,17,18). The number of halogens is 1. The smallest absolute Gasteiger partial charge is 0.251 e. The number of hydrogen-bond acceptors (Lipinski definition) is 5. The summed E-state index contributed by atoms with van der Waals surface area (Å²) in [6.45, 7) is 0.411. The number of carbonyl (C=O) groups is 1. The van der Waals surface area contributed by atoms with Crippen molar-refractivity contribution in [2.45, 2.75) is 6.54 Å². The van der Waals surface area contributed by atoms with Crippen molar-refractivity contribution in [2.24, 2.45) is 0 Å². The van der Waals surface area contributed by atoms with Crippen LogP contribution in [-0.4, -0.2) is 21.1 Å². The molecule has 0 spiro atoms. The van der Waals surface area contributed by atoms with E-state index in [1.54, 1.807) is 24.5 Å². The quantitative estimate of drug-likeness (QED) is 0.674. The number of nitrogen functional groups attached to an aromatic ring is 1. The number of amides is 1. The van der Waals surface area contributed by atoms with Crippen LogP contribution in [0.3, 0.4) is 0 Å². The molecular weight excluding hydrogens is 342 g/mol. The van der Waals surface area contributed by atoms with Gasteiger partial charge in [-0.05, 0) is 28.1 Å². The molecule has 1 amide bonds. The molecule has 0 saturated heterocycles. The molecule has 2 aromatic heterocycles. The van der Waals surface area contributed by atoms with Crippen LogP contribution < -0.4 is 11.1 Å². The summed E-state index contributed by atoms with van der Waals surface area (Å²) < 4.78 is 0.805. The minimum absolute atomic E-state index is 0.152. The number of nitrogens with zero attached hydrogens (tertiary/aromatic N) is 2. The first-order valence-corrected chi connectivity index (χ1v) is 7.35. The second-order valence-electron chi connectivity index (χ2n) is 4.14. The molecule has 2 heterocycles. The van der Waals surface area contributed by atoms with Gasteiger partial charge in [0, 0.05) is 26.5 Å². The first kappa shape index (κ1) is 13.1. The Hall–Kier alpha value is -1.93. The number of thiazole rings is 1. The summed E-state index contributed by atoms with van der Waals surface area (Å²) in [4.78, 5) is 17.0. The van der Waals surface area contributed by atoms with E-state index in [0.29, 0.717) is 17.2 Å². The maximum absolute atomic E-state index is 12.1. The Labute approximate surface area is 126 Å². The normalized spacial score (nSPS) is 10.8. The maximum atomic E-state index is 12.1. The van der Waals surface area contributed by atoms with Gasteiger partial charge in [0.1, 0.15) is 0 Å². The molecule has 0 bridgehead atoms. The van der Waals surface area contributed by atoms with Crippen molar-refractivity contribution in [1.29, 1.82) is 0 Å². The third-order valence-electron chi connectivity index (χ3n) is 2.76. The predicted molar refractivity (Wildman–Crippen MR) is 81.5 cm³/mol. The minimum atomic E-state index is -0.152. The molecule has 0 saturated carbocycles. The van der Waals surface area contributed by atoms with Gasteiger partial charge in [-0.1, -0.05) is 0 Å². The summed E-state index contributed by atoms with van der Waals surface area (Å²) in [7, 11) is 0. The summed E-state index contributed by atoms with van der Waals surface area (Å²) >= 11 is 4.78. The van der Waals surface area contributed by atoms with E-state index in [1.165, 1.54) is 11.3 Å². The fraction of sp³-hybridized carbons (Fsp3) is 0.0833. The molecule has 0 aliphatic rings. The van der Waals surface area contributed by atoms with Gasteiger partial charge >= 0.3 is 0 Å². The Morgan fingerprint density at radius 3 is 3.05 bits per heavy atom. The molecule has 0 atom stereocenters. The van der Waals surface area contributed by atoms with Crippen molar-refractivity contribution in [3.8, 4) is 0 Å². The molecule has 0 fully saturated rings. The first-order valence-electron chi connectivity index (χ1n) is 5.74. The molecule has 3 rings (SSSR count). The zero-order valence-corrected chi connectivity index (χ0v) is 12.6. The number of nitrogens with one attached hydrogen (secondary N) is 2. The van der Waals surface area contributed by atoms with Gasteiger partial charge in [0.05, 0.1) is 18.3 Å². The maximum Gasteiger partial charge on any atom is 0.251 e. The second kappa shape index (κ2) is 5.22. The molecular formula is C12H10BrN5OS. The van der Waals surface area contributed by atoms with Crippen molar-refractivity contribution in [2.75, 3.05) is 5.73 Å². The number of aromatic amines is 1. The Bertz CT molecular complexity index is 781. The van der Waals surface area contributed by atoms with Crippen LogP contribution in [0, 0.1) is 0 Å². The summed E-state index contributed by atoms with van der Waals surface area (Å²) in [5.74, 6) is -0.152. The largest absolute Gasteiger partial charge is 0.375 e. The zero-order valence-electron chi connectivity index (χ0n) is 10.2. The molecule has 20 heavy (non-hydrogen) atoms. The van der Waals surface area contributed by atoms with E-state index in [1.807, 2.05) is 0 Å². The molecule has 3 aromatic rings. The van der Waals surface area contributed by atoms with Gasteiger partial charge in [-0.15, -0.1) is 11.3 Å². The highest BCUT2D eigenvalue weighted by Crippen LogP contribution is 2.23. The highest BCUT2D eigenvalue weighted by Gasteiger charge is 2.10. The molecule has 8 heteroatoms. The van der Waals surface area contributed by atoms with Gasteiger partial charge in [-0.25, -0.2) is 4.98 Å². The molecule has 0 unspecified atom stereocenters. The number of fused-ring (bicyclic) bond motifs is 1. The second-order valence-corrected chi connectivity index (χ2v) is 6.14. The Kier molecular flexibility index (Phi) is 3.41. The number of carbonyl (C=O) groups excluding carboxylic acids is 1. The predicted octanol–water partition coefficient (Wildman–Crippen LogP) is 2.29. The molecule has 4 N–H and O–H groups in total. The highest BCUT2D eigenvalue weighted by molar-refractivity contribution is 9.10. The monoisotopic (exact) mass is 351 g/mol. The Morgan fingerprint density at radius 2 is 2.30 bits per heavy atom. The van der Waals surface area contributed by atoms with E-state index in [2.05, 4.69) is 36.4 Å². The van der Waals surface area contributed by atoms with E-state index in [4.69, 9.17) is 5.73 Å². The van der Waals surface area contributed by atoms with Crippen LogP contribution >= 0.6 is 27.3 Å². The number of anilines is 1. The van der Waals surface area contributed by atoms with Crippen LogP contribution in [0.5, 0.6) is 0 Å². The topological polar surface area (TPSA) is 96.7 Å². The SMILES string of the molecule is Nc1ncc(CNC(=O)c2cc(Br)c3[nH]ncc3c2)s1.